The van der Waals surface area contributed by atoms with Gasteiger partial charge in [-0.25, -0.2) is 9.67 Å². The van der Waals surface area contributed by atoms with Crippen molar-refractivity contribution in [2.45, 2.75) is 26.9 Å². The number of rotatable bonds is 6. The van der Waals surface area contributed by atoms with Crippen LogP contribution in [0.4, 0.5) is 0 Å². The van der Waals surface area contributed by atoms with Crippen molar-refractivity contribution in [3.8, 4) is 5.69 Å². The van der Waals surface area contributed by atoms with E-state index in [0.29, 0.717) is 6.54 Å². The zero-order valence-corrected chi connectivity index (χ0v) is 18.1. The lowest BCUT2D eigenvalue weighted by molar-refractivity contribution is 0.816. The summed E-state index contributed by atoms with van der Waals surface area (Å²) in [6.07, 6.45) is 3.88. The van der Waals surface area contributed by atoms with Crippen molar-refractivity contribution >= 4 is 29.9 Å². The molecule has 2 aromatic carbocycles. The maximum Gasteiger partial charge on any atom is 0.191 e. The third-order valence-corrected chi connectivity index (χ3v) is 4.00. The summed E-state index contributed by atoms with van der Waals surface area (Å²) < 4.78 is 1.87. The average Bonchev–Trinajstić information content (AvgIpc) is 3.15. The number of nitrogens with zero attached hydrogens (tertiary/aromatic N) is 3. The Balaban J connectivity index is 0.00000261. The highest BCUT2D eigenvalue weighted by atomic mass is 127. The Kier molecular flexibility index (Phi) is 8.32. The quantitative estimate of drug-likeness (QED) is 0.321. The molecule has 27 heavy (non-hydrogen) atoms. The van der Waals surface area contributed by atoms with Crippen LogP contribution in [0.2, 0.25) is 0 Å². The second-order valence-corrected chi connectivity index (χ2v) is 6.16. The number of benzene rings is 2. The van der Waals surface area contributed by atoms with Crippen molar-refractivity contribution in [3.05, 3.63) is 83.7 Å². The highest BCUT2D eigenvalue weighted by molar-refractivity contribution is 14.0. The number of hydrogen-bond donors (Lipinski definition) is 2. The summed E-state index contributed by atoms with van der Waals surface area (Å²) in [5.41, 5.74) is 4.62. The molecule has 0 fully saturated rings. The van der Waals surface area contributed by atoms with Crippen LogP contribution in [-0.2, 0) is 13.1 Å². The number of aromatic nitrogens is 2. The summed E-state index contributed by atoms with van der Waals surface area (Å²) in [6.45, 7) is 6.31. The van der Waals surface area contributed by atoms with Gasteiger partial charge in [-0.05, 0) is 31.5 Å². The van der Waals surface area contributed by atoms with E-state index in [-0.39, 0.29) is 24.0 Å². The number of guanidine groups is 1. The molecule has 2 N–H and O–H groups in total. The van der Waals surface area contributed by atoms with Gasteiger partial charge in [0.1, 0.15) is 0 Å². The van der Waals surface area contributed by atoms with E-state index in [1.165, 1.54) is 11.1 Å². The molecule has 6 heteroatoms. The first kappa shape index (κ1) is 21.0. The smallest absolute Gasteiger partial charge is 0.191 e. The largest absolute Gasteiger partial charge is 0.357 e. The van der Waals surface area contributed by atoms with E-state index in [2.05, 4.69) is 58.8 Å². The predicted octanol–water partition coefficient (Wildman–Crippen LogP) is 4.05. The van der Waals surface area contributed by atoms with E-state index < -0.39 is 0 Å². The lowest BCUT2D eigenvalue weighted by Gasteiger charge is -2.11. The Labute approximate surface area is 177 Å². The van der Waals surface area contributed by atoms with Crippen molar-refractivity contribution in [2.24, 2.45) is 4.99 Å². The van der Waals surface area contributed by atoms with E-state index >= 15 is 0 Å². The van der Waals surface area contributed by atoms with E-state index in [1.54, 1.807) is 0 Å². The van der Waals surface area contributed by atoms with Gasteiger partial charge >= 0.3 is 0 Å². The van der Waals surface area contributed by atoms with Gasteiger partial charge in [0.2, 0.25) is 0 Å². The minimum atomic E-state index is 0. The molecule has 1 heterocycles. The van der Waals surface area contributed by atoms with Gasteiger partial charge in [-0.15, -0.1) is 24.0 Å². The Bertz CT molecular complexity index is 841. The van der Waals surface area contributed by atoms with Gasteiger partial charge in [0, 0.05) is 24.8 Å². The number of para-hydroxylation sites is 1. The van der Waals surface area contributed by atoms with Gasteiger partial charge in [0.25, 0.3) is 0 Å². The minimum Gasteiger partial charge on any atom is -0.357 e. The van der Waals surface area contributed by atoms with Crippen molar-refractivity contribution < 1.29 is 0 Å². The van der Waals surface area contributed by atoms with E-state index in [9.17, 15) is 0 Å². The third-order valence-electron chi connectivity index (χ3n) is 4.00. The molecule has 0 unspecified atom stereocenters. The zero-order valence-electron chi connectivity index (χ0n) is 15.7. The summed E-state index contributed by atoms with van der Waals surface area (Å²) in [5, 5.41) is 11.1. The number of aryl methyl sites for hydroxylation is 1. The molecular formula is C21H26IN5. The van der Waals surface area contributed by atoms with Gasteiger partial charge in [0.15, 0.2) is 5.96 Å². The SMILES string of the molecule is CCNC(=NCc1cnn(-c2ccccc2)c1)NCc1ccc(C)cc1.I. The summed E-state index contributed by atoms with van der Waals surface area (Å²) in [6, 6.07) is 18.6. The summed E-state index contributed by atoms with van der Waals surface area (Å²) >= 11 is 0. The minimum absolute atomic E-state index is 0. The highest BCUT2D eigenvalue weighted by Gasteiger charge is 2.02. The Hall–Kier alpha value is -2.35. The van der Waals surface area contributed by atoms with Gasteiger partial charge in [-0.3, -0.25) is 0 Å². The molecule has 0 aliphatic rings. The summed E-state index contributed by atoms with van der Waals surface area (Å²) in [4.78, 5) is 4.66. The highest BCUT2D eigenvalue weighted by Crippen LogP contribution is 2.08. The second-order valence-electron chi connectivity index (χ2n) is 6.16. The molecule has 3 aromatic rings. The number of hydrogen-bond acceptors (Lipinski definition) is 2. The lowest BCUT2D eigenvalue weighted by Crippen LogP contribution is -2.36. The van der Waals surface area contributed by atoms with Gasteiger partial charge in [-0.2, -0.15) is 5.10 Å². The van der Waals surface area contributed by atoms with E-state index in [0.717, 1.165) is 30.3 Å². The monoisotopic (exact) mass is 475 g/mol. The van der Waals surface area contributed by atoms with Crippen LogP contribution < -0.4 is 10.6 Å². The van der Waals surface area contributed by atoms with Gasteiger partial charge < -0.3 is 10.6 Å². The van der Waals surface area contributed by atoms with E-state index in [1.807, 2.05) is 47.4 Å². The fourth-order valence-electron chi connectivity index (χ4n) is 2.57. The van der Waals surface area contributed by atoms with Crippen LogP contribution in [0.5, 0.6) is 0 Å². The molecule has 0 saturated carbocycles. The number of nitrogens with one attached hydrogen (secondary N) is 2. The molecule has 0 bridgehead atoms. The maximum atomic E-state index is 4.66. The molecule has 0 amide bonds. The van der Waals surface area contributed by atoms with Gasteiger partial charge in [-0.1, -0.05) is 48.0 Å². The van der Waals surface area contributed by atoms with Crippen molar-refractivity contribution in [1.29, 1.82) is 0 Å². The third kappa shape index (κ3) is 6.39. The van der Waals surface area contributed by atoms with Crippen LogP contribution in [0.1, 0.15) is 23.6 Å². The average molecular weight is 475 g/mol. The van der Waals surface area contributed by atoms with Crippen LogP contribution in [-0.4, -0.2) is 22.3 Å². The summed E-state index contributed by atoms with van der Waals surface area (Å²) in [5.74, 6) is 0.806. The molecule has 142 valence electrons. The fourth-order valence-corrected chi connectivity index (χ4v) is 2.57. The molecule has 3 rings (SSSR count). The maximum absolute atomic E-state index is 4.66. The Morgan fingerprint density at radius 1 is 1.00 bits per heavy atom. The first-order chi connectivity index (χ1) is 12.7. The summed E-state index contributed by atoms with van der Waals surface area (Å²) in [7, 11) is 0. The number of halogens is 1. The predicted molar refractivity (Wildman–Crippen MR) is 122 cm³/mol. The first-order valence-electron chi connectivity index (χ1n) is 8.91. The van der Waals surface area contributed by atoms with Gasteiger partial charge in [0.05, 0.1) is 18.4 Å². The molecular weight excluding hydrogens is 449 g/mol. The topological polar surface area (TPSA) is 54.2 Å². The Morgan fingerprint density at radius 3 is 2.44 bits per heavy atom. The molecule has 0 aliphatic heterocycles. The molecule has 5 nitrogen and oxygen atoms in total. The van der Waals surface area contributed by atoms with Crippen LogP contribution in [0.3, 0.4) is 0 Å². The van der Waals surface area contributed by atoms with Crippen LogP contribution in [0.25, 0.3) is 5.69 Å². The van der Waals surface area contributed by atoms with Crippen molar-refractivity contribution in [3.63, 3.8) is 0 Å². The second kappa shape index (κ2) is 10.7. The van der Waals surface area contributed by atoms with Crippen LogP contribution >= 0.6 is 24.0 Å². The van der Waals surface area contributed by atoms with E-state index in [4.69, 9.17) is 0 Å². The lowest BCUT2D eigenvalue weighted by atomic mass is 10.1. The number of aliphatic imine (C=N–C) groups is 1. The van der Waals surface area contributed by atoms with Crippen molar-refractivity contribution in [2.75, 3.05) is 6.54 Å². The van der Waals surface area contributed by atoms with Crippen LogP contribution in [0, 0.1) is 6.92 Å². The molecule has 0 saturated heterocycles. The molecule has 0 aliphatic carbocycles. The Morgan fingerprint density at radius 2 is 1.74 bits per heavy atom. The molecule has 1 aromatic heterocycles. The first-order valence-corrected chi connectivity index (χ1v) is 8.91. The molecule has 0 atom stereocenters. The molecule has 0 radical (unpaired) electrons. The standard InChI is InChI=1S/C21H25N5.HI/c1-3-22-21(23-13-18-11-9-17(2)10-12-18)24-14-19-15-25-26(16-19)20-7-5-4-6-8-20;/h4-12,15-16H,3,13-14H2,1-2H3,(H2,22,23,24);1H. The van der Waals surface area contributed by atoms with Crippen LogP contribution in [0.15, 0.2) is 72.0 Å². The van der Waals surface area contributed by atoms with Crippen molar-refractivity contribution in [1.82, 2.24) is 20.4 Å². The molecule has 0 spiro atoms. The zero-order chi connectivity index (χ0) is 18.2. The normalized spacial score (nSPS) is 11.0. The fraction of sp³-hybridized carbons (Fsp3) is 0.238.